The van der Waals surface area contributed by atoms with Crippen molar-refractivity contribution in [3.8, 4) is 5.75 Å². The van der Waals surface area contributed by atoms with E-state index in [4.69, 9.17) is 14.2 Å². The number of nitrogens with zero attached hydrogens (tertiary/aromatic N) is 2. The Morgan fingerprint density at radius 2 is 2.15 bits per heavy atom. The summed E-state index contributed by atoms with van der Waals surface area (Å²) in [5, 5.41) is 0. The van der Waals surface area contributed by atoms with Gasteiger partial charge in [0.15, 0.2) is 0 Å². The van der Waals surface area contributed by atoms with Crippen molar-refractivity contribution in [2.24, 2.45) is 5.92 Å². The highest BCUT2D eigenvalue weighted by Crippen LogP contribution is 2.42. The maximum Gasteiger partial charge on any atom is 0.119 e. The lowest BCUT2D eigenvalue weighted by molar-refractivity contribution is -0.139. The van der Waals surface area contributed by atoms with Crippen molar-refractivity contribution in [1.29, 1.82) is 0 Å². The van der Waals surface area contributed by atoms with Gasteiger partial charge in [-0.15, -0.1) is 0 Å². The Labute approximate surface area is 161 Å². The molecule has 4 rings (SSSR count). The quantitative estimate of drug-likeness (QED) is 0.669. The molecular formula is C22H28N2O3. The van der Waals surface area contributed by atoms with Crippen molar-refractivity contribution in [3.63, 3.8) is 0 Å². The summed E-state index contributed by atoms with van der Waals surface area (Å²) < 4.78 is 17.4. The molecule has 2 aliphatic heterocycles. The van der Waals surface area contributed by atoms with Crippen LogP contribution >= 0.6 is 0 Å². The minimum absolute atomic E-state index is 0.0349. The molecule has 0 amide bonds. The molecule has 1 atom stereocenters. The molecule has 2 aliphatic rings. The third kappa shape index (κ3) is 4.32. The lowest BCUT2D eigenvalue weighted by Gasteiger charge is -2.50. The first-order valence-corrected chi connectivity index (χ1v) is 9.74. The summed E-state index contributed by atoms with van der Waals surface area (Å²) >= 11 is 0. The predicted molar refractivity (Wildman–Crippen MR) is 104 cm³/mol. The molecule has 1 aromatic carbocycles. The molecule has 1 aromatic heterocycles. The molecule has 0 saturated carbocycles. The molecule has 5 nitrogen and oxygen atoms in total. The molecule has 2 aromatic rings. The second-order valence-corrected chi connectivity index (χ2v) is 7.56. The van der Waals surface area contributed by atoms with Crippen molar-refractivity contribution < 1.29 is 14.2 Å². The lowest BCUT2D eigenvalue weighted by atomic mass is 9.79. The van der Waals surface area contributed by atoms with Gasteiger partial charge < -0.3 is 14.2 Å². The summed E-state index contributed by atoms with van der Waals surface area (Å²) in [5.74, 6) is 1.51. The predicted octanol–water partition coefficient (Wildman–Crippen LogP) is 3.29. The maximum absolute atomic E-state index is 6.18. The van der Waals surface area contributed by atoms with Crippen molar-refractivity contribution in [2.75, 3.05) is 33.4 Å². The number of hydrogen-bond donors (Lipinski definition) is 0. The van der Waals surface area contributed by atoms with E-state index in [1.165, 1.54) is 5.56 Å². The summed E-state index contributed by atoms with van der Waals surface area (Å²) in [4.78, 5) is 6.76. The first-order valence-electron chi connectivity index (χ1n) is 9.74. The van der Waals surface area contributed by atoms with Gasteiger partial charge in [-0.05, 0) is 48.6 Å². The first-order chi connectivity index (χ1) is 13.3. The number of aromatic nitrogens is 1. The molecule has 5 heteroatoms. The number of benzene rings is 1. The Kier molecular flexibility index (Phi) is 5.72. The highest BCUT2D eigenvalue weighted by Gasteiger charge is 2.52. The van der Waals surface area contributed by atoms with Gasteiger partial charge in [-0.1, -0.05) is 18.2 Å². The smallest absolute Gasteiger partial charge is 0.119 e. The topological polar surface area (TPSA) is 43.8 Å². The van der Waals surface area contributed by atoms with Crippen molar-refractivity contribution in [3.05, 3.63) is 59.9 Å². The van der Waals surface area contributed by atoms with Crippen LogP contribution in [0.25, 0.3) is 0 Å². The molecule has 0 radical (unpaired) electrons. The van der Waals surface area contributed by atoms with Gasteiger partial charge in [-0.25, -0.2) is 0 Å². The molecule has 3 heterocycles. The zero-order valence-corrected chi connectivity index (χ0v) is 16.0. The number of hydrogen-bond acceptors (Lipinski definition) is 5. The lowest BCUT2D eigenvalue weighted by Crippen LogP contribution is -2.64. The molecule has 2 fully saturated rings. The van der Waals surface area contributed by atoms with Crippen LogP contribution in [0, 0.1) is 5.92 Å². The standard InChI is InChI=1S/C22H28N2O3/c1-25-21-7-4-5-18(13-21)14-24-16-22(17-24)19(9-12-27-22)8-11-26-15-20-6-2-3-10-23-20/h2-7,10,13,19H,8-9,11-12,14-17H2,1H3/t19-/m0/s1. The van der Waals surface area contributed by atoms with Crippen LogP contribution in [0.4, 0.5) is 0 Å². The first kappa shape index (κ1) is 18.4. The molecular weight excluding hydrogens is 340 g/mol. The summed E-state index contributed by atoms with van der Waals surface area (Å²) in [6, 6.07) is 14.2. The van der Waals surface area contributed by atoms with E-state index < -0.39 is 0 Å². The van der Waals surface area contributed by atoms with Gasteiger partial charge in [0.05, 0.1) is 25.0 Å². The monoisotopic (exact) mass is 368 g/mol. The molecule has 27 heavy (non-hydrogen) atoms. The Morgan fingerprint density at radius 1 is 1.22 bits per heavy atom. The summed E-state index contributed by atoms with van der Waals surface area (Å²) in [7, 11) is 1.71. The average Bonchev–Trinajstić information content (AvgIpc) is 3.10. The molecule has 0 unspecified atom stereocenters. The maximum atomic E-state index is 6.18. The van der Waals surface area contributed by atoms with E-state index in [2.05, 4.69) is 28.1 Å². The molecule has 2 saturated heterocycles. The van der Waals surface area contributed by atoms with E-state index >= 15 is 0 Å². The minimum atomic E-state index is 0.0349. The number of methoxy groups -OCH3 is 1. The second kappa shape index (κ2) is 8.38. The Hall–Kier alpha value is -1.95. The summed E-state index contributed by atoms with van der Waals surface area (Å²) in [6.07, 6.45) is 4.00. The molecule has 0 N–H and O–H groups in total. The van der Waals surface area contributed by atoms with E-state index in [-0.39, 0.29) is 5.60 Å². The fourth-order valence-corrected chi connectivity index (χ4v) is 4.28. The minimum Gasteiger partial charge on any atom is -0.497 e. The Balaban J connectivity index is 1.23. The SMILES string of the molecule is COc1cccc(CN2CC3(C2)OCC[C@@H]3CCOCc2ccccn2)c1. The van der Waals surface area contributed by atoms with Gasteiger partial charge in [-0.2, -0.15) is 0 Å². The fourth-order valence-electron chi connectivity index (χ4n) is 4.28. The second-order valence-electron chi connectivity index (χ2n) is 7.56. The molecule has 1 spiro atoms. The van der Waals surface area contributed by atoms with E-state index in [0.717, 1.165) is 57.1 Å². The van der Waals surface area contributed by atoms with E-state index in [1.54, 1.807) is 7.11 Å². The van der Waals surface area contributed by atoms with Crippen molar-refractivity contribution in [1.82, 2.24) is 9.88 Å². The van der Waals surface area contributed by atoms with Crippen LogP contribution in [0.2, 0.25) is 0 Å². The van der Waals surface area contributed by atoms with Crippen LogP contribution in [0.5, 0.6) is 5.75 Å². The largest absolute Gasteiger partial charge is 0.497 e. The summed E-state index contributed by atoms with van der Waals surface area (Å²) in [6.45, 7) is 5.19. The average molecular weight is 368 g/mol. The van der Waals surface area contributed by atoms with E-state index in [1.807, 2.05) is 30.5 Å². The van der Waals surface area contributed by atoms with Gasteiger partial charge in [0, 0.05) is 39.0 Å². The van der Waals surface area contributed by atoms with Gasteiger partial charge in [-0.3, -0.25) is 9.88 Å². The van der Waals surface area contributed by atoms with Crippen LogP contribution in [-0.2, 0) is 22.6 Å². The fraction of sp³-hybridized carbons (Fsp3) is 0.500. The normalized spacial score (nSPS) is 21.3. The van der Waals surface area contributed by atoms with Crippen LogP contribution in [-0.4, -0.2) is 48.9 Å². The third-order valence-corrected chi connectivity index (χ3v) is 5.71. The van der Waals surface area contributed by atoms with Crippen LogP contribution in [0.3, 0.4) is 0 Å². The van der Waals surface area contributed by atoms with Crippen LogP contribution in [0.1, 0.15) is 24.1 Å². The third-order valence-electron chi connectivity index (χ3n) is 5.71. The van der Waals surface area contributed by atoms with Crippen molar-refractivity contribution >= 4 is 0 Å². The highest BCUT2D eigenvalue weighted by atomic mass is 16.5. The van der Waals surface area contributed by atoms with Crippen molar-refractivity contribution in [2.45, 2.75) is 31.6 Å². The van der Waals surface area contributed by atoms with Gasteiger partial charge in [0.25, 0.3) is 0 Å². The molecule has 0 bridgehead atoms. The zero-order valence-electron chi connectivity index (χ0n) is 16.0. The Morgan fingerprint density at radius 3 is 2.96 bits per heavy atom. The van der Waals surface area contributed by atoms with Gasteiger partial charge in [0.1, 0.15) is 5.75 Å². The van der Waals surface area contributed by atoms with Crippen LogP contribution < -0.4 is 4.74 Å². The summed E-state index contributed by atoms with van der Waals surface area (Å²) in [5.41, 5.74) is 2.31. The number of pyridine rings is 1. The Bertz CT molecular complexity index is 731. The van der Waals surface area contributed by atoms with E-state index in [0.29, 0.717) is 12.5 Å². The number of ether oxygens (including phenoxy) is 3. The van der Waals surface area contributed by atoms with Gasteiger partial charge >= 0.3 is 0 Å². The number of rotatable bonds is 8. The van der Waals surface area contributed by atoms with Crippen LogP contribution in [0.15, 0.2) is 48.7 Å². The van der Waals surface area contributed by atoms with Gasteiger partial charge in [0.2, 0.25) is 0 Å². The highest BCUT2D eigenvalue weighted by molar-refractivity contribution is 5.28. The zero-order chi connectivity index (χ0) is 18.5. The van der Waals surface area contributed by atoms with E-state index in [9.17, 15) is 0 Å². The molecule has 144 valence electrons. The molecule has 0 aliphatic carbocycles. The number of likely N-dealkylation sites (tertiary alicyclic amines) is 1.